The number of methoxy groups -OCH3 is 2. The molecule has 1 N–H and O–H groups in total. The second kappa shape index (κ2) is 11.0. The maximum absolute atomic E-state index is 12.3. The van der Waals surface area contributed by atoms with E-state index in [0.717, 1.165) is 10.0 Å². The quantitative estimate of drug-likeness (QED) is 0.296. The van der Waals surface area contributed by atoms with Crippen LogP contribution in [0.4, 0.5) is 5.69 Å². The number of esters is 1. The molecule has 3 rings (SSSR count). The third-order valence-electron chi connectivity index (χ3n) is 4.60. The number of carbonyl (C=O) groups is 2. The van der Waals surface area contributed by atoms with Crippen LogP contribution < -0.4 is 19.5 Å². The molecule has 32 heavy (non-hydrogen) atoms. The molecule has 0 unspecified atom stereocenters. The number of halogens is 2. The first-order chi connectivity index (χ1) is 15.4. The zero-order valence-electron chi connectivity index (χ0n) is 17.5. The van der Waals surface area contributed by atoms with Crippen molar-refractivity contribution in [1.29, 1.82) is 0 Å². The summed E-state index contributed by atoms with van der Waals surface area (Å²) in [5.41, 5.74) is 1.97. The van der Waals surface area contributed by atoms with Crippen molar-refractivity contribution >= 4 is 45.1 Å². The minimum Gasteiger partial charge on any atom is -0.493 e. The molecule has 1 amide bonds. The highest BCUT2D eigenvalue weighted by Crippen LogP contribution is 2.33. The molecule has 0 aliphatic heterocycles. The molecule has 3 aromatic carbocycles. The standard InChI is InChI=1S/C24H21BrClNO5/c1-30-21-13-16(20(25)14-22(21)31-2)5-12-23(28)32-19-10-3-15(4-11-19)24(29)27-18-8-6-17(26)7-9-18/h3-4,6-11,13-14H,5,12H2,1-2H3,(H,27,29). The van der Waals surface area contributed by atoms with Gasteiger partial charge in [-0.2, -0.15) is 0 Å². The van der Waals surface area contributed by atoms with Gasteiger partial charge in [0.2, 0.25) is 0 Å². The summed E-state index contributed by atoms with van der Waals surface area (Å²) in [6.45, 7) is 0. The summed E-state index contributed by atoms with van der Waals surface area (Å²) in [6, 6.07) is 16.8. The Bertz CT molecular complexity index is 1100. The van der Waals surface area contributed by atoms with E-state index in [-0.39, 0.29) is 18.3 Å². The normalized spacial score (nSPS) is 10.4. The Balaban J connectivity index is 1.55. The average Bonchev–Trinajstić information content (AvgIpc) is 2.80. The van der Waals surface area contributed by atoms with Crippen LogP contribution >= 0.6 is 27.5 Å². The molecule has 6 nitrogen and oxygen atoms in total. The number of hydrogen-bond donors (Lipinski definition) is 1. The Kier molecular flexibility index (Phi) is 8.14. The van der Waals surface area contributed by atoms with Gasteiger partial charge in [0.05, 0.1) is 20.6 Å². The van der Waals surface area contributed by atoms with Gasteiger partial charge in [-0.1, -0.05) is 27.5 Å². The van der Waals surface area contributed by atoms with Gasteiger partial charge in [0, 0.05) is 20.7 Å². The highest BCUT2D eigenvalue weighted by Gasteiger charge is 2.13. The smallest absolute Gasteiger partial charge is 0.311 e. The molecule has 8 heteroatoms. The van der Waals surface area contributed by atoms with Crippen LogP contribution in [0.25, 0.3) is 0 Å². The molecule has 0 aliphatic carbocycles. The van der Waals surface area contributed by atoms with Gasteiger partial charge in [-0.05, 0) is 72.6 Å². The van der Waals surface area contributed by atoms with E-state index in [1.165, 1.54) is 0 Å². The molecule has 0 aromatic heterocycles. The van der Waals surface area contributed by atoms with Gasteiger partial charge in [-0.25, -0.2) is 0 Å². The predicted molar refractivity (Wildman–Crippen MR) is 127 cm³/mol. The van der Waals surface area contributed by atoms with Gasteiger partial charge in [-0.3, -0.25) is 9.59 Å². The van der Waals surface area contributed by atoms with E-state index in [2.05, 4.69) is 21.2 Å². The van der Waals surface area contributed by atoms with E-state index < -0.39 is 0 Å². The third-order valence-corrected chi connectivity index (χ3v) is 5.59. The number of nitrogens with one attached hydrogen (secondary N) is 1. The van der Waals surface area contributed by atoms with Gasteiger partial charge in [0.1, 0.15) is 5.75 Å². The van der Waals surface area contributed by atoms with Crippen LogP contribution in [-0.4, -0.2) is 26.1 Å². The summed E-state index contributed by atoms with van der Waals surface area (Å²) in [5.74, 6) is 0.899. The lowest BCUT2D eigenvalue weighted by Crippen LogP contribution is -2.12. The number of ether oxygens (including phenoxy) is 3. The molecule has 0 fully saturated rings. The van der Waals surface area contributed by atoms with Crippen molar-refractivity contribution in [3.63, 3.8) is 0 Å². The van der Waals surface area contributed by atoms with Crippen LogP contribution in [0.5, 0.6) is 17.2 Å². The molecule has 0 heterocycles. The van der Waals surface area contributed by atoms with Crippen LogP contribution in [-0.2, 0) is 11.2 Å². The molecule has 166 valence electrons. The van der Waals surface area contributed by atoms with Crippen molar-refractivity contribution in [2.75, 3.05) is 19.5 Å². The lowest BCUT2D eigenvalue weighted by molar-refractivity contribution is -0.134. The molecular weight excluding hydrogens is 498 g/mol. The van der Waals surface area contributed by atoms with E-state index >= 15 is 0 Å². The summed E-state index contributed by atoms with van der Waals surface area (Å²) < 4.78 is 16.8. The minimum atomic E-state index is -0.384. The number of benzene rings is 3. The number of carbonyl (C=O) groups excluding carboxylic acids is 2. The summed E-state index contributed by atoms with van der Waals surface area (Å²) in [6.07, 6.45) is 0.633. The lowest BCUT2D eigenvalue weighted by atomic mass is 10.1. The Hall–Kier alpha value is -3.03. The lowest BCUT2D eigenvalue weighted by Gasteiger charge is -2.12. The number of hydrogen-bond acceptors (Lipinski definition) is 5. The summed E-state index contributed by atoms with van der Waals surface area (Å²) in [7, 11) is 3.12. The van der Waals surface area contributed by atoms with Crippen LogP contribution in [0, 0.1) is 0 Å². The van der Waals surface area contributed by atoms with Gasteiger partial charge in [0.25, 0.3) is 5.91 Å². The SMILES string of the molecule is COc1cc(Br)c(CCC(=O)Oc2ccc(C(=O)Nc3ccc(Cl)cc3)cc2)cc1OC. The molecular formula is C24H21BrClNO5. The predicted octanol–water partition coefficient (Wildman–Crippen LogP) is 5.91. The second-order valence-electron chi connectivity index (χ2n) is 6.76. The van der Waals surface area contributed by atoms with Crippen molar-refractivity contribution in [3.8, 4) is 17.2 Å². The highest BCUT2D eigenvalue weighted by molar-refractivity contribution is 9.10. The zero-order chi connectivity index (χ0) is 23.1. The summed E-state index contributed by atoms with van der Waals surface area (Å²) in [5, 5.41) is 3.37. The van der Waals surface area contributed by atoms with Crippen molar-refractivity contribution in [1.82, 2.24) is 0 Å². The fraction of sp³-hybridized carbons (Fsp3) is 0.167. The highest BCUT2D eigenvalue weighted by atomic mass is 79.9. The Morgan fingerprint density at radius 3 is 2.19 bits per heavy atom. The van der Waals surface area contributed by atoms with Gasteiger partial charge in [-0.15, -0.1) is 0 Å². The van der Waals surface area contributed by atoms with Gasteiger partial charge >= 0.3 is 5.97 Å². The van der Waals surface area contributed by atoms with Crippen molar-refractivity contribution in [3.05, 3.63) is 81.3 Å². The number of aryl methyl sites for hydroxylation is 1. The van der Waals surface area contributed by atoms with E-state index in [1.54, 1.807) is 68.8 Å². The fourth-order valence-electron chi connectivity index (χ4n) is 2.92. The summed E-state index contributed by atoms with van der Waals surface area (Å²) in [4.78, 5) is 24.6. The third kappa shape index (κ3) is 6.24. The summed E-state index contributed by atoms with van der Waals surface area (Å²) >= 11 is 9.33. The van der Waals surface area contributed by atoms with E-state index in [1.807, 2.05) is 6.07 Å². The van der Waals surface area contributed by atoms with E-state index in [4.69, 9.17) is 25.8 Å². The maximum atomic E-state index is 12.3. The monoisotopic (exact) mass is 517 g/mol. The molecule has 0 atom stereocenters. The maximum Gasteiger partial charge on any atom is 0.311 e. The van der Waals surface area contributed by atoms with Crippen LogP contribution in [0.1, 0.15) is 22.3 Å². The van der Waals surface area contributed by atoms with E-state index in [0.29, 0.717) is 39.9 Å². The molecule has 0 radical (unpaired) electrons. The Morgan fingerprint density at radius 2 is 1.56 bits per heavy atom. The first-order valence-corrected chi connectivity index (χ1v) is 10.8. The molecule has 3 aromatic rings. The number of rotatable bonds is 8. The minimum absolute atomic E-state index is 0.173. The van der Waals surface area contributed by atoms with Crippen molar-refractivity contribution in [2.24, 2.45) is 0 Å². The Labute approximate surface area is 199 Å². The van der Waals surface area contributed by atoms with Gasteiger partial charge < -0.3 is 19.5 Å². The van der Waals surface area contributed by atoms with Gasteiger partial charge in [0.15, 0.2) is 11.5 Å². The van der Waals surface area contributed by atoms with Crippen LogP contribution in [0.2, 0.25) is 5.02 Å². The molecule has 0 saturated heterocycles. The largest absolute Gasteiger partial charge is 0.493 e. The zero-order valence-corrected chi connectivity index (χ0v) is 19.8. The second-order valence-corrected chi connectivity index (χ2v) is 8.05. The molecule has 0 aliphatic rings. The number of anilines is 1. The van der Waals surface area contributed by atoms with Crippen LogP contribution in [0.3, 0.4) is 0 Å². The first-order valence-electron chi connectivity index (χ1n) is 9.67. The Morgan fingerprint density at radius 1 is 0.938 bits per heavy atom. The van der Waals surface area contributed by atoms with E-state index in [9.17, 15) is 9.59 Å². The molecule has 0 bridgehead atoms. The van der Waals surface area contributed by atoms with Crippen LogP contribution in [0.15, 0.2) is 65.1 Å². The molecule has 0 saturated carbocycles. The van der Waals surface area contributed by atoms with Crippen molar-refractivity contribution < 1.29 is 23.8 Å². The number of amides is 1. The average molecular weight is 519 g/mol. The molecule has 0 spiro atoms. The first kappa shape index (κ1) is 23.6. The topological polar surface area (TPSA) is 73.9 Å². The van der Waals surface area contributed by atoms with Crippen molar-refractivity contribution in [2.45, 2.75) is 12.8 Å². The fourth-order valence-corrected chi connectivity index (χ4v) is 3.56.